The lowest BCUT2D eigenvalue weighted by Gasteiger charge is -2.38. The van der Waals surface area contributed by atoms with Crippen LogP contribution in [0, 0.1) is 0 Å². The lowest BCUT2D eigenvalue weighted by Crippen LogP contribution is -2.47. The minimum Gasteiger partial charge on any atom is -0.491 e. The van der Waals surface area contributed by atoms with Crippen molar-refractivity contribution in [3.05, 3.63) is 60.8 Å². The summed E-state index contributed by atoms with van der Waals surface area (Å²) in [6.45, 7) is 1.43. The summed E-state index contributed by atoms with van der Waals surface area (Å²) in [5, 5.41) is 14.5. The summed E-state index contributed by atoms with van der Waals surface area (Å²) in [4.78, 5) is 4.59. The first-order valence-electron chi connectivity index (χ1n) is 13.5. The fourth-order valence-corrected chi connectivity index (χ4v) is 7.78. The molecule has 2 aliphatic rings. The van der Waals surface area contributed by atoms with E-state index in [4.69, 9.17) is 14.2 Å². The van der Waals surface area contributed by atoms with Gasteiger partial charge in [-0.25, -0.2) is 16.8 Å². The van der Waals surface area contributed by atoms with E-state index in [-0.39, 0.29) is 29.0 Å². The summed E-state index contributed by atoms with van der Waals surface area (Å²) >= 11 is 0. The largest absolute Gasteiger partial charge is 0.491 e. The molecule has 5 rings (SSSR count). The van der Waals surface area contributed by atoms with E-state index in [9.17, 15) is 21.9 Å². The van der Waals surface area contributed by atoms with Crippen LogP contribution in [0.25, 0.3) is 10.9 Å². The van der Waals surface area contributed by atoms with Crippen molar-refractivity contribution in [1.29, 1.82) is 0 Å². The molecule has 3 aromatic rings. The number of methoxy groups -OCH3 is 1. The number of para-hydroxylation sites is 1. The van der Waals surface area contributed by atoms with Gasteiger partial charge in [-0.1, -0.05) is 24.3 Å². The van der Waals surface area contributed by atoms with Gasteiger partial charge in [0.2, 0.25) is 19.9 Å². The van der Waals surface area contributed by atoms with Crippen molar-refractivity contribution in [1.82, 2.24) is 14.6 Å². The molecule has 0 aliphatic carbocycles. The molecular weight excluding hydrogens is 570 g/mol. The molecule has 0 saturated carbocycles. The maximum absolute atomic E-state index is 13.3. The Kier molecular flexibility index (Phi) is 8.95. The summed E-state index contributed by atoms with van der Waals surface area (Å²) in [6.07, 6.45) is 2.47. The van der Waals surface area contributed by atoms with Crippen LogP contribution in [0.4, 0.5) is 0 Å². The zero-order chi connectivity index (χ0) is 29.1. The Hall–Kier alpha value is -2.65. The van der Waals surface area contributed by atoms with E-state index < -0.39 is 37.5 Å². The van der Waals surface area contributed by atoms with Gasteiger partial charge in [0, 0.05) is 44.4 Å². The molecule has 0 amide bonds. The number of fused-ring (bicyclic) bond motifs is 1. The number of aromatic nitrogens is 1. The van der Waals surface area contributed by atoms with Crippen molar-refractivity contribution in [2.24, 2.45) is 0 Å². The second kappa shape index (κ2) is 12.3. The summed E-state index contributed by atoms with van der Waals surface area (Å²) in [5.74, 6) is -0.0884. The number of sulfonamides is 1. The SMILES string of the molecule is COCS(=O)(=O)c1cccc(OC[C@@H](O)CN[C@H]2COC3(CCN(S(=O)(=O)c4cnc5ccccc5c4)CC3)C2)c1. The highest BCUT2D eigenvalue weighted by molar-refractivity contribution is 7.91. The number of aliphatic hydroxyl groups is 1. The molecule has 2 saturated heterocycles. The van der Waals surface area contributed by atoms with Crippen LogP contribution in [-0.4, -0.2) is 94.9 Å². The standard InChI is InChI=1S/C28H35N3O8S2/c1-37-20-40(33,34)25-7-4-6-24(14-25)38-19-23(32)16-29-22-15-28(39-18-22)9-11-31(12-10-28)41(35,36)26-13-21-5-2-3-8-27(21)30-17-26/h2-8,13-14,17,22-23,29,32H,9-12,15-16,18-20H2,1H3/t22-,23+/m1/s1. The lowest BCUT2D eigenvalue weighted by molar-refractivity contribution is -0.0312. The number of nitrogens with one attached hydrogen (secondary N) is 1. The third-order valence-electron chi connectivity index (χ3n) is 7.57. The highest BCUT2D eigenvalue weighted by Gasteiger charge is 2.44. The lowest BCUT2D eigenvalue weighted by atomic mass is 9.88. The fourth-order valence-electron chi connectivity index (χ4n) is 5.33. The maximum atomic E-state index is 13.3. The van der Waals surface area contributed by atoms with Gasteiger partial charge in [-0.3, -0.25) is 4.98 Å². The molecule has 0 unspecified atom stereocenters. The Balaban J connectivity index is 1.09. The normalized spacial score (nSPS) is 20.4. The zero-order valence-electron chi connectivity index (χ0n) is 22.8. The average molecular weight is 606 g/mol. The van der Waals surface area contributed by atoms with Gasteiger partial charge in [-0.05, 0) is 49.6 Å². The molecule has 2 fully saturated rings. The summed E-state index contributed by atoms with van der Waals surface area (Å²) < 4.78 is 69.0. The second-order valence-corrected chi connectivity index (χ2v) is 14.4. The van der Waals surface area contributed by atoms with Crippen molar-refractivity contribution in [3.8, 4) is 5.75 Å². The number of rotatable bonds is 11. The fraction of sp³-hybridized carbons (Fsp3) is 0.464. The Bertz CT molecular complexity index is 1570. The van der Waals surface area contributed by atoms with E-state index in [1.807, 2.05) is 24.3 Å². The highest BCUT2D eigenvalue weighted by atomic mass is 32.2. The van der Waals surface area contributed by atoms with Gasteiger partial charge in [0.1, 0.15) is 23.4 Å². The number of benzene rings is 2. The molecule has 3 heterocycles. The molecule has 2 aromatic carbocycles. The van der Waals surface area contributed by atoms with E-state index in [1.165, 1.54) is 29.7 Å². The molecule has 0 bridgehead atoms. The average Bonchev–Trinajstić information content (AvgIpc) is 3.37. The monoisotopic (exact) mass is 605 g/mol. The number of piperidine rings is 1. The summed E-state index contributed by atoms with van der Waals surface area (Å²) in [6, 6.07) is 15.2. The second-order valence-electron chi connectivity index (χ2n) is 10.5. The molecule has 13 heteroatoms. The molecule has 2 aliphatic heterocycles. The Morgan fingerprint density at radius 1 is 1.10 bits per heavy atom. The number of aliphatic hydroxyl groups excluding tert-OH is 1. The van der Waals surface area contributed by atoms with E-state index >= 15 is 0 Å². The predicted octanol–water partition coefficient (Wildman–Crippen LogP) is 1.95. The minimum atomic E-state index is -3.66. The number of ether oxygens (including phenoxy) is 3. The third-order valence-corrected chi connectivity index (χ3v) is 11.0. The van der Waals surface area contributed by atoms with E-state index in [0.29, 0.717) is 44.7 Å². The smallest absolute Gasteiger partial charge is 0.244 e. The van der Waals surface area contributed by atoms with E-state index in [2.05, 4.69) is 10.3 Å². The number of sulfone groups is 1. The Morgan fingerprint density at radius 2 is 1.88 bits per heavy atom. The van der Waals surface area contributed by atoms with Gasteiger partial charge in [0.15, 0.2) is 5.94 Å². The first-order chi connectivity index (χ1) is 19.6. The molecule has 2 atom stereocenters. The molecule has 222 valence electrons. The van der Waals surface area contributed by atoms with Gasteiger partial charge in [0.05, 0.1) is 22.6 Å². The molecular formula is C28H35N3O8S2. The van der Waals surface area contributed by atoms with Crippen LogP contribution < -0.4 is 10.1 Å². The number of pyridine rings is 1. The van der Waals surface area contributed by atoms with Crippen molar-refractivity contribution >= 4 is 30.8 Å². The van der Waals surface area contributed by atoms with E-state index in [0.717, 1.165) is 10.9 Å². The van der Waals surface area contributed by atoms with Crippen LogP contribution in [0.15, 0.2) is 70.6 Å². The van der Waals surface area contributed by atoms with Crippen molar-refractivity contribution < 1.29 is 36.2 Å². The topological polar surface area (TPSA) is 144 Å². The molecule has 1 spiro atoms. The quantitative estimate of drug-likeness (QED) is 0.333. The minimum absolute atomic E-state index is 0.0139. The summed E-state index contributed by atoms with van der Waals surface area (Å²) in [5.41, 5.74) is 0.349. The van der Waals surface area contributed by atoms with Gasteiger partial charge in [0.25, 0.3) is 0 Å². The van der Waals surface area contributed by atoms with Crippen molar-refractivity contribution in [2.75, 3.05) is 45.9 Å². The predicted molar refractivity (Wildman–Crippen MR) is 152 cm³/mol. The molecule has 11 nitrogen and oxygen atoms in total. The highest BCUT2D eigenvalue weighted by Crippen LogP contribution is 2.37. The summed E-state index contributed by atoms with van der Waals surface area (Å²) in [7, 11) is -5.92. The van der Waals surface area contributed by atoms with Gasteiger partial charge < -0.3 is 24.6 Å². The molecule has 0 radical (unpaired) electrons. The first-order valence-corrected chi connectivity index (χ1v) is 16.5. The van der Waals surface area contributed by atoms with Crippen LogP contribution in [0.5, 0.6) is 5.75 Å². The number of hydrogen-bond donors (Lipinski definition) is 2. The van der Waals surface area contributed by atoms with Crippen LogP contribution in [-0.2, 0) is 29.3 Å². The Morgan fingerprint density at radius 3 is 2.66 bits per heavy atom. The van der Waals surface area contributed by atoms with Crippen LogP contribution >= 0.6 is 0 Å². The van der Waals surface area contributed by atoms with Crippen LogP contribution in [0.2, 0.25) is 0 Å². The maximum Gasteiger partial charge on any atom is 0.244 e. The van der Waals surface area contributed by atoms with E-state index in [1.54, 1.807) is 18.2 Å². The van der Waals surface area contributed by atoms with Crippen LogP contribution in [0.3, 0.4) is 0 Å². The number of nitrogens with zero attached hydrogens (tertiary/aromatic N) is 2. The van der Waals surface area contributed by atoms with Gasteiger partial charge >= 0.3 is 0 Å². The van der Waals surface area contributed by atoms with Crippen molar-refractivity contribution in [2.45, 2.75) is 46.8 Å². The van der Waals surface area contributed by atoms with Crippen LogP contribution in [0.1, 0.15) is 19.3 Å². The molecule has 41 heavy (non-hydrogen) atoms. The molecule has 2 N–H and O–H groups in total. The zero-order valence-corrected chi connectivity index (χ0v) is 24.4. The third kappa shape index (κ3) is 6.88. The van der Waals surface area contributed by atoms with Crippen molar-refractivity contribution in [3.63, 3.8) is 0 Å². The Labute approximate surface area is 240 Å². The number of hydrogen-bond acceptors (Lipinski definition) is 10. The first kappa shape index (κ1) is 29.8. The molecule has 1 aromatic heterocycles. The van der Waals surface area contributed by atoms with Gasteiger partial charge in [-0.15, -0.1) is 0 Å². The van der Waals surface area contributed by atoms with Gasteiger partial charge in [-0.2, -0.15) is 4.31 Å².